The van der Waals surface area contributed by atoms with Gasteiger partial charge in [-0.2, -0.15) is 0 Å². The van der Waals surface area contributed by atoms with E-state index in [9.17, 15) is 18.0 Å². The van der Waals surface area contributed by atoms with Gasteiger partial charge in [-0.15, -0.1) is 0 Å². The average molecular weight is 410 g/mol. The molecule has 6 heteroatoms. The van der Waals surface area contributed by atoms with Gasteiger partial charge in [0.1, 0.15) is 0 Å². The summed E-state index contributed by atoms with van der Waals surface area (Å²) in [6.07, 6.45) is 0. The van der Waals surface area contributed by atoms with E-state index < -0.39 is 34.4 Å². The van der Waals surface area contributed by atoms with Crippen LogP contribution in [0.1, 0.15) is 34.6 Å². The first-order valence-corrected chi connectivity index (χ1v) is 10.8. The zero-order valence-electron chi connectivity index (χ0n) is 12.2. The molecule has 1 aromatic rings. The average Bonchev–Trinajstić information content (AvgIpc) is 2.26. The third-order valence-corrected chi connectivity index (χ3v) is 10.7. The first kappa shape index (κ1) is 17.3. The summed E-state index contributed by atoms with van der Waals surface area (Å²) in [6, 6.07) is 6.39. The Hall–Kier alpha value is -0.760. The Morgan fingerprint density at radius 1 is 1.00 bits per heavy atom. The van der Waals surface area contributed by atoms with E-state index in [0.717, 1.165) is 0 Å². The molecule has 0 unspecified atom stereocenters. The van der Waals surface area contributed by atoms with Crippen molar-refractivity contribution in [3.63, 3.8) is 0 Å². The second-order valence-electron chi connectivity index (χ2n) is 5.27. The van der Waals surface area contributed by atoms with E-state index in [-0.39, 0.29) is 12.5 Å². The molecule has 0 fully saturated rings. The molecule has 0 aliphatic rings. The topological polar surface area (TPSA) is 68.3 Å². The molecule has 0 aliphatic carbocycles. The van der Waals surface area contributed by atoms with Gasteiger partial charge in [-0.25, -0.2) is 0 Å². The Balaban J connectivity index is 3.62. The number of hydrogen-bond acceptors (Lipinski definition) is 4. The van der Waals surface area contributed by atoms with Gasteiger partial charge < -0.3 is 0 Å². The number of benzene rings is 1. The Bertz CT molecular complexity index is 627. The molecule has 0 N–H and O–H groups in total. The van der Waals surface area contributed by atoms with E-state index in [2.05, 4.69) is 0 Å². The zero-order chi connectivity index (χ0) is 15.7. The maximum absolute atomic E-state index is 12.6. The monoisotopic (exact) mass is 410 g/mol. The fourth-order valence-corrected chi connectivity index (χ4v) is 8.24. The molecule has 0 bridgehead atoms. The van der Waals surface area contributed by atoms with Crippen LogP contribution in [-0.2, 0) is 19.4 Å². The summed E-state index contributed by atoms with van der Waals surface area (Å²) in [5.74, 6) is 0. The van der Waals surface area contributed by atoms with Gasteiger partial charge in [0, 0.05) is 0 Å². The molecule has 0 atom stereocenters. The van der Waals surface area contributed by atoms with Gasteiger partial charge in [0.05, 0.1) is 0 Å². The van der Waals surface area contributed by atoms with Crippen LogP contribution in [-0.4, -0.2) is 20.7 Å². The summed E-state index contributed by atoms with van der Waals surface area (Å²) in [6.45, 7) is 7.57. The summed E-state index contributed by atoms with van der Waals surface area (Å²) in [5, 5.41) is 0. The van der Waals surface area contributed by atoms with Crippen molar-refractivity contribution >= 4 is 37.2 Å². The van der Waals surface area contributed by atoms with Gasteiger partial charge in [0.25, 0.3) is 0 Å². The molecular formula is C14H19IO4S. The van der Waals surface area contributed by atoms with Gasteiger partial charge in [0.2, 0.25) is 0 Å². The van der Waals surface area contributed by atoms with Crippen molar-refractivity contribution in [3.05, 3.63) is 27.8 Å². The summed E-state index contributed by atoms with van der Waals surface area (Å²) < 4.78 is 24.3. The Morgan fingerprint density at radius 2 is 1.45 bits per heavy atom. The zero-order valence-corrected chi connectivity index (χ0v) is 15.2. The Labute approximate surface area is 127 Å². The van der Waals surface area contributed by atoms with Crippen molar-refractivity contribution in [2.75, 3.05) is 0 Å². The van der Waals surface area contributed by atoms with Crippen LogP contribution >= 0.6 is 19.8 Å². The third kappa shape index (κ3) is 3.28. The fraction of sp³-hybridized carbons (Fsp3) is 0.429. The normalized spacial score (nSPS) is 12.9. The standard InChI is InChI=1S/C14H19IO4S/c1-10(16)15(11(2)17)12-8-6-7-9-13(12)20(18,19)14(3,4)5/h6-9H,1-5H3. The van der Waals surface area contributed by atoms with Crippen LogP contribution in [0.25, 0.3) is 0 Å². The van der Waals surface area contributed by atoms with Crippen LogP contribution in [0, 0.1) is 3.57 Å². The predicted molar refractivity (Wildman–Crippen MR) is 87.5 cm³/mol. The summed E-state index contributed by atoms with van der Waals surface area (Å²) in [7, 11) is -3.58. The summed E-state index contributed by atoms with van der Waals surface area (Å²) in [4.78, 5) is 23.7. The minimum atomic E-state index is -3.58. The minimum absolute atomic E-state index is 0.128. The van der Waals surface area contributed by atoms with Crippen LogP contribution in [0.4, 0.5) is 0 Å². The molecule has 0 saturated heterocycles. The third-order valence-electron chi connectivity index (χ3n) is 2.67. The molecule has 4 nitrogen and oxygen atoms in total. The van der Waals surface area contributed by atoms with Crippen molar-refractivity contribution in [3.8, 4) is 0 Å². The molecule has 112 valence electrons. The Kier molecular flexibility index (Phi) is 5.13. The van der Waals surface area contributed by atoms with Crippen LogP contribution in [0.15, 0.2) is 29.2 Å². The van der Waals surface area contributed by atoms with Crippen molar-refractivity contribution in [1.82, 2.24) is 0 Å². The predicted octanol–water partition coefficient (Wildman–Crippen LogP) is 3.03. The fourth-order valence-electron chi connectivity index (χ4n) is 1.62. The van der Waals surface area contributed by atoms with Crippen molar-refractivity contribution in [2.45, 2.75) is 44.3 Å². The van der Waals surface area contributed by atoms with Crippen LogP contribution < -0.4 is 0 Å². The van der Waals surface area contributed by atoms with E-state index in [4.69, 9.17) is 0 Å². The van der Waals surface area contributed by atoms with E-state index in [1.807, 2.05) is 0 Å². The molecule has 0 saturated carbocycles. The second kappa shape index (κ2) is 5.93. The SMILES string of the molecule is CC(=O)I(C(C)=O)c1ccccc1S(=O)(=O)C(C)(C)C. The van der Waals surface area contributed by atoms with E-state index in [1.54, 1.807) is 39.0 Å². The quantitative estimate of drug-likeness (QED) is 0.565. The van der Waals surface area contributed by atoms with Crippen molar-refractivity contribution in [2.24, 2.45) is 0 Å². The molecular weight excluding hydrogens is 391 g/mol. The number of carbonyl (C=O) groups is 2. The molecule has 20 heavy (non-hydrogen) atoms. The van der Waals surface area contributed by atoms with Crippen LogP contribution in [0.5, 0.6) is 0 Å². The van der Waals surface area contributed by atoms with E-state index >= 15 is 0 Å². The van der Waals surface area contributed by atoms with Gasteiger partial charge in [-0.3, -0.25) is 0 Å². The first-order valence-electron chi connectivity index (χ1n) is 6.04. The number of sulfone groups is 1. The van der Waals surface area contributed by atoms with Gasteiger partial charge in [-0.1, -0.05) is 0 Å². The molecule has 1 aromatic carbocycles. The second-order valence-corrected chi connectivity index (χ2v) is 13.8. The number of rotatable bonds is 4. The number of halogens is 1. The van der Waals surface area contributed by atoms with Crippen LogP contribution in [0.3, 0.4) is 0 Å². The molecule has 0 aliphatic heterocycles. The van der Waals surface area contributed by atoms with Gasteiger partial charge in [0.15, 0.2) is 0 Å². The summed E-state index contributed by atoms with van der Waals surface area (Å²) in [5.41, 5.74) is 0. The summed E-state index contributed by atoms with van der Waals surface area (Å²) >= 11 is -2.81. The number of carbonyl (C=O) groups excluding carboxylic acids is 2. The molecule has 0 aromatic heterocycles. The van der Waals surface area contributed by atoms with Crippen LogP contribution in [0.2, 0.25) is 0 Å². The molecule has 0 heterocycles. The molecule has 1 rings (SSSR count). The van der Waals surface area contributed by atoms with E-state index in [0.29, 0.717) is 3.57 Å². The van der Waals surface area contributed by atoms with Gasteiger partial charge in [-0.05, 0) is 0 Å². The maximum atomic E-state index is 12.6. The van der Waals surface area contributed by atoms with Crippen molar-refractivity contribution in [1.29, 1.82) is 0 Å². The van der Waals surface area contributed by atoms with Gasteiger partial charge >= 0.3 is 127 Å². The molecule has 0 spiro atoms. The first-order chi connectivity index (χ1) is 9.00. The van der Waals surface area contributed by atoms with Crippen molar-refractivity contribution < 1.29 is 18.0 Å². The van der Waals surface area contributed by atoms with E-state index in [1.165, 1.54) is 19.9 Å². The molecule has 0 amide bonds. The number of hydrogen-bond donors (Lipinski definition) is 0. The molecule has 0 radical (unpaired) electrons. The Morgan fingerprint density at radius 3 is 1.85 bits per heavy atom.